The number of carbonyl (C=O) groups is 1. The molecule has 0 saturated carbocycles. The monoisotopic (exact) mass is 335 g/mol. The Hall–Kier alpha value is -0.310. The van der Waals surface area contributed by atoms with E-state index in [9.17, 15) is 13.2 Å². The summed E-state index contributed by atoms with van der Waals surface area (Å²) in [5.41, 5.74) is 0. The van der Waals surface area contributed by atoms with Gasteiger partial charge in [-0.2, -0.15) is 0 Å². The van der Waals surface area contributed by atoms with Crippen LogP contribution in [0.3, 0.4) is 0 Å². The maximum absolute atomic E-state index is 12.3. The second-order valence-electron chi connectivity index (χ2n) is 5.83. The van der Waals surface area contributed by atoms with Crippen molar-refractivity contribution in [3.63, 3.8) is 0 Å². The Morgan fingerprint density at radius 2 is 2.05 bits per heavy atom. The lowest BCUT2D eigenvalue weighted by molar-refractivity contribution is -0.129. The Labute approximate surface area is 131 Å². The minimum absolute atomic E-state index is 0.137. The van der Waals surface area contributed by atoms with Gasteiger partial charge >= 0.3 is 0 Å². The predicted octanol–water partition coefficient (Wildman–Crippen LogP) is 0.0118. The van der Waals surface area contributed by atoms with Gasteiger partial charge in [0.2, 0.25) is 15.9 Å². The van der Waals surface area contributed by atoms with Crippen LogP contribution in [0.4, 0.5) is 0 Å². The summed E-state index contributed by atoms with van der Waals surface area (Å²) < 4.78 is 25.2. The fraction of sp³-hybridized carbons (Fsp3) is 0.923. The van der Waals surface area contributed by atoms with Crippen LogP contribution in [0.1, 0.15) is 25.7 Å². The first-order chi connectivity index (χ1) is 9.94. The Balaban J connectivity index is 1.76. The molecule has 2 rings (SSSR count). The molecule has 1 amide bonds. The minimum Gasteiger partial charge on any atom is -0.340 e. The molecule has 0 aromatic heterocycles. The highest BCUT2D eigenvalue weighted by Gasteiger charge is 2.26. The van der Waals surface area contributed by atoms with Crippen molar-refractivity contribution in [1.82, 2.24) is 14.9 Å². The molecule has 122 valence electrons. The molecule has 6 nitrogen and oxygen atoms in total. The molecule has 0 spiro atoms. The molecule has 21 heavy (non-hydrogen) atoms. The molecule has 2 saturated heterocycles. The van der Waals surface area contributed by atoms with Crippen molar-refractivity contribution in [3.05, 3.63) is 0 Å². The molecular formula is C13H25N3O3S2. The van der Waals surface area contributed by atoms with E-state index in [1.807, 2.05) is 0 Å². The summed E-state index contributed by atoms with van der Waals surface area (Å²) in [6.07, 6.45) is 5.07. The van der Waals surface area contributed by atoms with E-state index in [0.717, 1.165) is 45.3 Å². The van der Waals surface area contributed by atoms with Crippen LogP contribution in [0.2, 0.25) is 0 Å². The summed E-state index contributed by atoms with van der Waals surface area (Å²) in [6, 6.07) is -0.137. The first-order valence-electron chi connectivity index (χ1n) is 7.51. The molecule has 8 heteroatoms. The number of rotatable bonds is 5. The molecular weight excluding hydrogens is 310 g/mol. The zero-order valence-corrected chi connectivity index (χ0v) is 14.1. The minimum atomic E-state index is -3.20. The van der Waals surface area contributed by atoms with Gasteiger partial charge < -0.3 is 10.2 Å². The van der Waals surface area contributed by atoms with Crippen molar-refractivity contribution in [2.75, 3.05) is 38.2 Å². The van der Waals surface area contributed by atoms with Crippen LogP contribution in [-0.2, 0) is 14.8 Å². The number of hydrogen-bond acceptors (Lipinski definition) is 5. The van der Waals surface area contributed by atoms with Crippen molar-refractivity contribution < 1.29 is 13.2 Å². The molecule has 1 atom stereocenters. The molecule has 2 heterocycles. The Morgan fingerprint density at radius 3 is 2.71 bits per heavy atom. The van der Waals surface area contributed by atoms with Crippen LogP contribution in [0.15, 0.2) is 0 Å². The summed E-state index contributed by atoms with van der Waals surface area (Å²) in [7, 11) is -3.20. The maximum atomic E-state index is 12.3. The molecule has 0 bridgehead atoms. The van der Waals surface area contributed by atoms with Gasteiger partial charge in [0.05, 0.1) is 12.0 Å². The van der Waals surface area contributed by atoms with Gasteiger partial charge in [0.25, 0.3) is 0 Å². The molecule has 1 unspecified atom stereocenters. The third-order valence-electron chi connectivity index (χ3n) is 3.88. The zero-order chi connectivity index (χ0) is 15.3. The number of sulfonamides is 1. The van der Waals surface area contributed by atoms with E-state index in [4.69, 9.17) is 0 Å². The van der Waals surface area contributed by atoms with Gasteiger partial charge in [-0.1, -0.05) is 0 Å². The van der Waals surface area contributed by atoms with Crippen LogP contribution in [0.5, 0.6) is 0 Å². The lowest BCUT2D eigenvalue weighted by Gasteiger charge is -2.33. The lowest BCUT2D eigenvalue weighted by Crippen LogP contribution is -2.49. The standard InChI is InChI=1S/C13H25N3O3S2/c1-21(18,19)15-11-3-2-8-16(9-11)13(17)10-20-12-4-6-14-7-5-12/h11-12,14-15H,2-10H2,1H3. The Bertz CT molecular complexity index is 450. The number of thioether (sulfide) groups is 1. The zero-order valence-electron chi connectivity index (χ0n) is 12.5. The average Bonchev–Trinajstić information content (AvgIpc) is 2.44. The van der Waals surface area contributed by atoms with Gasteiger partial charge in [0, 0.05) is 24.4 Å². The summed E-state index contributed by atoms with van der Waals surface area (Å²) in [4.78, 5) is 14.1. The first kappa shape index (κ1) is 17.1. The fourth-order valence-corrected chi connectivity index (χ4v) is 4.77. The normalized spacial score (nSPS) is 25.0. The van der Waals surface area contributed by atoms with Gasteiger partial charge in [0.1, 0.15) is 0 Å². The highest BCUT2D eigenvalue weighted by atomic mass is 32.2. The summed E-state index contributed by atoms with van der Waals surface area (Å²) in [5, 5.41) is 3.89. The van der Waals surface area contributed by atoms with Crippen molar-refractivity contribution in [1.29, 1.82) is 0 Å². The number of amides is 1. The van der Waals surface area contributed by atoms with E-state index in [-0.39, 0.29) is 11.9 Å². The number of piperidine rings is 2. The molecule has 0 aliphatic carbocycles. The number of nitrogens with zero attached hydrogens (tertiary/aromatic N) is 1. The van der Waals surface area contributed by atoms with E-state index >= 15 is 0 Å². The SMILES string of the molecule is CS(=O)(=O)NC1CCCN(C(=O)CSC2CCNCC2)C1. The Morgan fingerprint density at radius 1 is 1.33 bits per heavy atom. The highest BCUT2D eigenvalue weighted by molar-refractivity contribution is 8.00. The van der Waals surface area contributed by atoms with Crippen molar-refractivity contribution in [2.45, 2.75) is 37.0 Å². The Kier molecular flexibility index (Phi) is 6.34. The van der Waals surface area contributed by atoms with Crippen LogP contribution >= 0.6 is 11.8 Å². The van der Waals surface area contributed by atoms with Gasteiger partial charge in [-0.3, -0.25) is 4.79 Å². The van der Waals surface area contributed by atoms with Gasteiger partial charge in [-0.05, 0) is 38.8 Å². The van der Waals surface area contributed by atoms with E-state index in [2.05, 4.69) is 10.0 Å². The molecule has 2 fully saturated rings. The van der Waals surface area contributed by atoms with Gasteiger partial charge in [-0.15, -0.1) is 11.8 Å². The molecule has 0 aromatic carbocycles. The number of hydrogen-bond donors (Lipinski definition) is 2. The number of likely N-dealkylation sites (tertiary alicyclic amines) is 1. The van der Waals surface area contributed by atoms with Crippen molar-refractivity contribution >= 4 is 27.7 Å². The van der Waals surface area contributed by atoms with E-state index in [0.29, 0.717) is 17.5 Å². The van der Waals surface area contributed by atoms with Gasteiger partial charge in [-0.25, -0.2) is 13.1 Å². The average molecular weight is 335 g/mol. The molecule has 2 aliphatic rings. The van der Waals surface area contributed by atoms with Crippen LogP contribution < -0.4 is 10.0 Å². The van der Waals surface area contributed by atoms with Crippen LogP contribution in [-0.4, -0.2) is 68.7 Å². The van der Waals surface area contributed by atoms with E-state index in [1.165, 1.54) is 6.26 Å². The molecule has 2 aliphatic heterocycles. The third kappa shape index (κ3) is 6.14. The van der Waals surface area contributed by atoms with Crippen molar-refractivity contribution in [3.8, 4) is 0 Å². The van der Waals surface area contributed by atoms with Gasteiger partial charge in [0.15, 0.2) is 0 Å². The third-order valence-corrected chi connectivity index (χ3v) is 6.00. The van der Waals surface area contributed by atoms with E-state index in [1.54, 1.807) is 16.7 Å². The fourth-order valence-electron chi connectivity index (χ4n) is 2.85. The quantitative estimate of drug-likeness (QED) is 0.740. The molecule has 0 radical (unpaired) electrons. The lowest BCUT2D eigenvalue weighted by atomic mass is 10.1. The number of carbonyl (C=O) groups excluding carboxylic acids is 1. The predicted molar refractivity (Wildman–Crippen MR) is 85.9 cm³/mol. The summed E-state index contributed by atoms with van der Waals surface area (Å²) in [6.45, 7) is 3.32. The highest BCUT2D eigenvalue weighted by Crippen LogP contribution is 2.21. The van der Waals surface area contributed by atoms with Crippen LogP contribution in [0.25, 0.3) is 0 Å². The molecule has 0 aromatic rings. The topological polar surface area (TPSA) is 78.5 Å². The first-order valence-corrected chi connectivity index (χ1v) is 10.5. The smallest absolute Gasteiger partial charge is 0.232 e. The van der Waals surface area contributed by atoms with Crippen molar-refractivity contribution in [2.24, 2.45) is 0 Å². The van der Waals surface area contributed by atoms with E-state index < -0.39 is 10.0 Å². The van der Waals surface area contributed by atoms with Crippen LogP contribution in [0, 0.1) is 0 Å². The maximum Gasteiger partial charge on any atom is 0.232 e. The summed E-state index contributed by atoms with van der Waals surface area (Å²) in [5.74, 6) is 0.648. The molecule has 2 N–H and O–H groups in total. The largest absolute Gasteiger partial charge is 0.340 e. The second kappa shape index (κ2) is 7.80. The number of nitrogens with one attached hydrogen (secondary N) is 2. The second-order valence-corrected chi connectivity index (χ2v) is 8.90. The summed E-state index contributed by atoms with van der Waals surface area (Å²) >= 11 is 1.74.